The van der Waals surface area contributed by atoms with Gasteiger partial charge in [-0.05, 0) is 18.8 Å². The lowest BCUT2D eigenvalue weighted by molar-refractivity contribution is -0.145. The second kappa shape index (κ2) is 5.80. The second-order valence-electron chi connectivity index (χ2n) is 4.48. The van der Waals surface area contributed by atoms with E-state index in [0.29, 0.717) is 6.42 Å². The lowest BCUT2D eigenvalue weighted by atomic mass is 9.84. The van der Waals surface area contributed by atoms with Crippen LogP contribution in [0, 0.1) is 5.41 Å². The topological polar surface area (TPSA) is 83.8 Å². The molecule has 6 heteroatoms. The van der Waals surface area contributed by atoms with Crippen LogP contribution < -0.4 is 0 Å². The molecule has 0 fully saturated rings. The molecule has 0 heterocycles. The summed E-state index contributed by atoms with van der Waals surface area (Å²) in [5.41, 5.74) is -1.58. The van der Waals surface area contributed by atoms with Crippen LogP contribution in [0.2, 0.25) is 0 Å². The van der Waals surface area contributed by atoms with Crippen molar-refractivity contribution in [3.05, 3.63) is 0 Å². The Morgan fingerprint density at radius 3 is 2.19 bits per heavy atom. The summed E-state index contributed by atoms with van der Waals surface area (Å²) in [4.78, 5) is 29.8. The molecule has 1 unspecified atom stereocenters. The molecule has 0 aliphatic heterocycles. The highest BCUT2D eigenvalue weighted by atomic mass is 31.2. The molecule has 5 nitrogen and oxygen atoms in total. The predicted molar refractivity (Wildman–Crippen MR) is 61.2 cm³/mol. The monoisotopic (exact) mass is 252 g/mol. The van der Waals surface area contributed by atoms with Crippen molar-refractivity contribution in [3.8, 4) is 0 Å². The lowest BCUT2D eigenvalue weighted by Gasteiger charge is -2.33. The number of hydrogen-bond acceptors (Lipinski definition) is 3. The molecule has 0 rings (SSSR count). The van der Waals surface area contributed by atoms with E-state index in [4.69, 9.17) is 4.74 Å². The molecule has 0 amide bonds. The first-order valence-corrected chi connectivity index (χ1v) is 7.04. The van der Waals surface area contributed by atoms with Crippen molar-refractivity contribution >= 4 is 13.6 Å². The van der Waals surface area contributed by atoms with E-state index in [1.165, 1.54) is 0 Å². The fraction of sp³-hybridized carbons (Fsp3) is 0.900. The number of carbonyl (C=O) groups excluding carboxylic acids is 1. The maximum atomic E-state index is 11.3. The zero-order valence-corrected chi connectivity index (χ0v) is 11.2. The van der Waals surface area contributed by atoms with E-state index in [9.17, 15) is 19.1 Å². The molecule has 0 aromatic heterocycles. The summed E-state index contributed by atoms with van der Waals surface area (Å²) in [5.74, 6) is -0.417. The Balaban J connectivity index is 4.74. The van der Waals surface area contributed by atoms with Gasteiger partial charge in [-0.2, -0.15) is 0 Å². The predicted octanol–water partition coefficient (Wildman–Crippen LogP) is 1.92. The van der Waals surface area contributed by atoms with Gasteiger partial charge in [-0.3, -0.25) is 9.36 Å². The van der Waals surface area contributed by atoms with Crippen LogP contribution in [0.5, 0.6) is 0 Å². The molecule has 0 aliphatic rings. The van der Waals surface area contributed by atoms with Gasteiger partial charge < -0.3 is 14.5 Å². The molecule has 0 saturated heterocycles. The molecule has 0 bridgehead atoms. The molecule has 0 radical (unpaired) electrons. The summed E-state index contributed by atoms with van der Waals surface area (Å²) in [6.45, 7) is 7.04. The third-order valence-electron chi connectivity index (χ3n) is 2.60. The van der Waals surface area contributed by atoms with Crippen molar-refractivity contribution in [1.82, 2.24) is 0 Å². The number of carbonyl (C=O) groups is 1. The zero-order valence-electron chi connectivity index (χ0n) is 10.3. The Bertz CT molecular complexity index is 281. The van der Waals surface area contributed by atoms with Crippen molar-refractivity contribution in [2.75, 3.05) is 6.61 Å². The quantitative estimate of drug-likeness (QED) is 0.557. The molecule has 96 valence electrons. The van der Waals surface area contributed by atoms with E-state index < -0.39 is 24.6 Å². The Morgan fingerprint density at radius 2 is 1.88 bits per heavy atom. The Morgan fingerprint density at radius 1 is 1.38 bits per heavy atom. The number of esters is 1. The van der Waals surface area contributed by atoms with E-state index in [2.05, 4.69) is 0 Å². The maximum Gasteiger partial charge on any atom is 0.329 e. The van der Waals surface area contributed by atoms with Gasteiger partial charge in [0.05, 0.1) is 18.7 Å². The molecule has 0 aliphatic carbocycles. The smallest absolute Gasteiger partial charge is 0.329 e. The first-order valence-electron chi connectivity index (χ1n) is 5.36. The van der Waals surface area contributed by atoms with E-state index in [0.717, 1.165) is 0 Å². The van der Waals surface area contributed by atoms with Crippen molar-refractivity contribution in [2.24, 2.45) is 5.41 Å². The van der Waals surface area contributed by atoms with Gasteiger partial charge in [0.15, 0.2) is 0 Å². The van der Waals surface area contributed by atoms with Gasteiger partial charge in [0.25, 0.3) is 0 Å². The first-order chi connectivity index (χ1) is 7.15. The normalized spacial score (nSPS) is 14.6. The number of ether oxygens (including phenoxy) is 1. The molecule has 0 aromatic rings. The zero-order chi connectivity index (χ0) is 13.0. The van der Waals surface area contributed by atoms with Gasteiger partial charge >= 0.3 is 13.6 Å². The van der Waals surface area contributed by atoms with Gasteiger partial charge in [0, 0.05) is 0 Å². The summed E-state index contributed by atoms with van der Waals surface area (Å²) in [5, 5.41) is 0. The molecular weight excluding hydrogens is 231 g/mol. The van der Waals surface area contributed by atoms with Crippen molar-refractivity contribution in [2.45, 2.75) is 46.2 Å². The fourth-order valence-corrected chi connectivity index (χ4v) is 3.43. The van der Waals surface area contributed by atoms with E-state index in [1.807, 2.05) is 0 Å². The first kappa shape index (κ1) is 15.6. The van der Waals surface area contributed by atoms with Gasteiger partial charge in [0.2, 0.25) is 0 Å². The highest BCUT2D eigenvalue weighted by molar-refractivity contribution is 7.52. The highest BCUT2D eigenvalue weighted by Gasteiger charge is 2.41. The van der Waals surface area contributed by atoms with E-state index in [-0.39, 0.29) is 13.0 Å². The van der Waals surface area contributed by atoms with Crippen molar-refractivity contribution in [3.63, 3.8) is 0 Å². The minimum absolute atomic E-state index is 0.0183. The SMILES string of the molecule is CCOC(=O)CC(C)(C)C(CC)P(=O)(O)O. The van der Waals surface area contributed by atoms with E-state index >= 15 is 0 Å². The van der Waals surface area contributed by atoms with Crippen LogP contribution in [0.15, 0.2) is 0 Å². The van der Waals surface area contributed by atoms with Gasteiger partial charge in [-0.15, -0.1) is 0 Å². The van der Waals surface area contributed by atoms with Crippen LogP contribution in [0.1, 0.15) is 40.5 Å². The van der Waals surface area contributed by atoms with Crippen LogP contribution in [-0.2, 0) is 14.1 Å². The standard InChI is InChI=1S/C10H21O5P/c1-5-8(16(12,13)14)10(3,4)7-9(11)15-6-2/h8H,5-7H2,1-4H3,(H2,12,13,14). The van der Waals surface area contributed by atoms with Gasteiger partial charge in [0.1, 0.15) is 0 Å². The molecule has 0 saturated carbocycles. The van der Waals surface area contributed by atoms with Crippen LogP contribution >= 0.6 is 7.60 Å². The Labute approximate surface area is 96.4 Å². The largest absolute Gasteiger partial charge is 0.466 e. The van der Waals surface area contributed by atoms with Crippen LogP contribution in [-0.4, -0.2) is 28.0 Å². The molecule has 0 spiro atoms. The maximum absolute atomic E-state index is 11.3. The average molecular weight is 252 g/mol. The number of rotatable bonds is 6. The Hall–Kier alpha value is -0.380. The van der Waals surface area contributed by atoms with Gasteiger partial charge in [-0.25, -0.2) is 0 Å². The van der Waals surface area contributed by atoms with Crippen molar-refractivity contribution < 1.29 is 23.9 Å². The minimum atomic E-state index is -4.18. The summed E-state index contributed by atoms with van der Waals surface area (Å²) in [6.07, 6.45) is 0.348. The molecule has 0 aromatic carbocycles. The number of hydrogen-bond donors (Lipinski definition) is 2. The second-order valence-corrected chi connectivity index (χ2v) is 6.29. The summed E-state index contributed by atoms with van der Waals surface area (Å²) in [7, 11) is -4.18. The minimum Gasteiger partial charge on any atom is -0.466 e. The van der Waals surface area contributed by atoms with Crippen molar-refractivity contribution in [1.29, 1.82) is 0 Å². The summed E-state index contributed by atoms with van der Waals surface area (Å²) >= 11 is 0. The third-order valence-corrected chi connectivity index (χ3v) is 4.48. The third kappa shape index (κ3) is 4.64. The average Bonchev–Trinajstić information content (AvgIpc) is 1.99. The molecule has 16 heavy (non-hydrogen) atoms. The Kier molecular flexibility index (Phi) is 5.66. The van der Waals surface area contributed by atoms with E-state index in [1.54, 1.807) is 27.7 Å². The molecular formula is C10H21O5P. The lowest BCUT2D eigenvalue weighted by Crippen LogP contribution is -2.32. The molecule has 2 N–H and O–H groups in total. The summed E-state index contributed by atoms with van der Waals surface area (Å²) < 4.78 is 16.1. The van der Waals surface area contributed by atoms with Gasteiger partial charge in [-0.1, -0.05) is 20.8 Å². The fourth-order valence-electron chi connectivity index (χ4n) is 1.95. The highest BCUT2D eigenvalue weighted by Crippen LogP contribution is 2.52. The summed E-state index contributed by atoms with van der Waals surface area (Å²) in [6, 6.07) is 0. The van der Waals surface area contributed by atoms with Crippen LogP contribution in [0.25, 0.3) is 0 Å². The van der Waals surface area contributed by atoms with Crippen LogP contribution in [0.3, 0.4) is 0 Å². The molecule has 1 atom stereocenters. The van der Waals surface area contributed by atoms with Crippen LogP contribution in [0.4, 0.5) is 0 Å².